The molecule has 0 saturated carbocycles. The molecule has 2 aromatic heterocycles. The highest BCUT2D eigenvalue weighted by molar-refractivity contribution is 7.71. The number of ether oxygens (including phenoxy) is 2. The Bertz CT molecular complexity index is 1140. The molecule has 2 N–H and O–H groups in total. The van der Waals surface area contributed by atoms with E-state index in [2.05, 4.69) is 31.8 Å². The second-order valence-electron chi connectivity index (χ2n) is 5.88. The molecule has 0 atom stereocenters. The molecule has 0 aliphatic heterocycles. The molecule has 2 heterocycles. The molecule has 0 unspecified atom stereocenters. The monoisotopic (exact) mass is 453 g/mol. The van der Waals surface area contributed by atoms with E-state index < -0.39 is 12.5 Å². The van der Waals surface area contributed by atoms with Crippen molar-refractivity contribution in [3.63, 3.8) is 0 Å². The fraction of sp³-hybridized carbons (Fsp3) is 0.222. The maximum Gasteiger partial charge on any atom is 0.387 e. The quantitative estimate of drug-likeness (QED) is 0.387. The highest BCUT2D eigenvalue weighted by atomic mass is 32.1. The standard InChI is InChI=1S/C18H17F2N5O3S2/c1-4-7-25-14(23-24-18(25)29)13-9(2)21-17(30-13)22-15(26)10-5-6-11(28-16(19)20)12(8-10)27-3/h4-6,8,16H,1,7H2,2-3H3,(H,24,29)(H,21,22,26). The maximum atomic E-state index is 12.6. The smallest absolute Gasteiger partial charge is 0.387 e. The van der Waals surface area contributed by atoms with Crippen molar-refractivity contribution in [1.29, 1.82) is 0 Å². The Kier molecular flexibility index (Phi) is 6.57. The van der Waals surface area contributed by atoms with Crippen molar-refractivity contribution in [2.45, 2.75) is 20.1 Å². The zero-order valence-electron chi connectivity index (χ0n) is 15.9. The first kappa shape index (κ1) is 21.6. The van der Waals surface area contributed by atoms with Crippen molar-refractivity contribution in [1.82, 2.24) is 19.7 Å². The lowest BCUT2D eigenvalue weighted by Crippen LogP contribution is -2.12. The highest BCUT2D eigenvalue weighted by Gasteiger charge is 2.19. The summed E-state index contributed by atoms with van der Waals surface area (Å²) in [6.07, 6.45) is 1.70. The minimum atomic E-state index is -3.00. The Morgan fingerprint density at radius 3 is 2.90 bits per heavy atom. The number of anilines is 1. The van der Waals surface area contributed by atoms with Gasteiger partial charge in [0.05, 0.1) is 17.7 Å². The molecule has 158 valence electrons. The summed E-state index contributed by atoms with van der Waals surface area (Å²) < 4.78 is 36.5. The number of alkyl halides is 2. The number of nitrogens with one attached hydrogen (secondary N) is 2. The first-order valence-electron chi connectivity index (χ1n) is 8.52. The van der Waals surface area contributed by atoms with Crippen LogP contribution in [-0.4, -0.2) is 39.4 Å². The third-order valence-electron chi connectivity index (χ3n) is 3.93. The van der Waals surface area contributed by atoms with E-state index in [0.717, 1.165) is 4.88 Å². The summed E-state index contributed by atoms with van der Waals surface area (Å²) in [5, 5.41) is 10.0. The summed E-state index contributed by atoms with van der Waals surface area (Å²) in [5.41, 5.74) is 0.852. The van der Waals surface area contributed by atoms with Gasteiger partial charge in [0.25, 0.3) is 5.91 Å². The number of halogens is 2. The first-order valence-corrected chi connectivity index (χ1v) is 9.74. The molecular weight excluding hydrogens is 436 g/mol. The van der Waals surface area contributed by atoms with Gasteiger partial charge in [-0.3, -0.25) is 19.8 Å². The van der Waals surface area contributed by atoms with Gasteiger partial charge in [-0.25, -0.2) is 4.98 Å². The van der Waals surface area contributed by atoms with E-state index in [1.165, 1.54) is 36.6 Å². The number of allylic oxidation sites excluding steroid dienone is 1. The van der Waals surface area contributed by atoms with Crippen molar-refractivity contribution in [2.24, 2.45) is 0 Å². The van der Waals surface area contributed by atoms with Crippen LogP contribution in [0.5, 0.6) is 11.5 Å². The Labute approximate surface area is 179 Å². The van der Waals surface area contributed by atoms with Crippen LogP contribution in [0.2, 0.25) is 0 Å². The van der Waals surface area contributed by atoms with Gasteiger partial charge in [-0.05, 0) is 37.3 Å². The predicted octanol–water partition coefficient (Wildman–Crippen LogP) is 4.42. The Hall–Kier alpha value is -3.12. The summed E-state index contributed by atoms with van der Waals surface area (Å²) in [4.78, 5) is 17.7. The van der Waals surface area contributed by atoms with Gasteiger partial charge in [0, 0.05) is 12.1 Å². The number of aromatic amines is 1. The fourth-order valence-electron chi connectivity index (χ4n) is 2.62. The number of carbonyl (C=O) groups is 1. The van der Waals surface area contributed by atoms with Crippen LogP contribution in [0.1, 0.15) is 16.1 Å². The lowest BCUT2D eigenvalue weighted by molar-refractivity contribution is -0.0512. The normalized spacial score (nSPS) is 10.8. The van der Waals surface area contributed by atoms with Crippen LogP contribution < -0.4 is 14.8 Å². The second kappa shape index (κ2) is 9.13. The number of H-pyrrole nitrogens is 1. The highest BCUT2D eigenvalue weighted by Crippen LogP contribution is 2.33. The molecule has 0 fully saturated rings. The molecule has 3 rings (SSSR count). The van der Waals surface area contributed by atoms with E-state index in [9.17, 15) is 13.6 Å². The number of amides is 1. The van der Waals surface area contributed by atoms with Crippen molar-refractivity contribution < 1.29 is 23.0 Å². The molecular formula is C18H17F2N5O3S2. The zero-order valence-corrected chi connectivity index (χ0v) is 17.6. The van der Waals surface area contributed by atoms with E-state index in [4.69, 9.17) is 17.0 Å². The average molecular weight is 453 g/mol. The summed E-state index contributed by atoms with van der Waals surface area (Å²) in [6, 6.07) is 3.90. The lowest BCUT2D eigenvalue weighted by atomic mass is 10.2. The van der Waals surface area contributed by atoms with Crippen LogP contribution in [0.25, 0.3) is 10.7 Å². The summed E-state index contributed by atoms with van der Waals surface area (Å²) in [6.45, 7) is 2.96. The molecule has 8 nitrogen and oxygen atoms in total. The molecule has 12 heteroatoms. The number of aryl methyl sites for hydroxylation is 1. The van der Waals surface area contributed by atoms with Crippen molar-refractivity contribution in [2.75, 3.05) is 12.4 Å². The third-order valence-corrected chi connectivity index (χ3v) is 5.31. The summed E-state index contributed by atoms with van der Waals surface area (Å²) in [7, 11) is 1.29. The largest absolute Gasteiger partial charge is 0.493 e. The summed E-state index contributed by atoms with van der Waals surface area (Å²) in [5.74, 6) is -0.0481. The minimum absolute atomic E-state index is 0.0129. The lowest BCUT2D eigenvalue weighted by Gasteiger charge is -2.11. The van der Waals surface area contributed by atoms with E-state index >= 15 is 0 Å². The number of carbonyl (C=O) groups excluding carboxylic acids is 1. The number of hydrogen-bond acceptors (Lipinski definition) is 7. The molecule has 0 saturated heterocycles. The number of thiazole rings is 1. The van der Waals surface area contributed by atoms with Gasteiger partial charge in [0.15, 0.2) is 27.2 Å². The zero-order chi connectivity index (χ0) is 21.8. The number of hydrogen-bond donors (Lipinski definition) is 2. The van der Waals surface area contributed by atoms with Crippen LogP contribution in [0.4, 0.5) is 13.9 Å². The van der Waals surface area contributed by atoms with E-state index in [-0.39, 0.29) is 17.1 Å². The molecule has 30 heavy (non-hydrogen) atoms. The first-order chi connectivity index (χ1) is 14.3. The van der Waals surface area contributed by atoms with Gasteiger partial charge in [-0.15, -0.1) is 6.58 Å². The van der Waals surface area contributed by atoms with Gasteiger partial charge in [0.2, 0.25) is 0 Å². The molecule has 1 aromatic carbocycles. The van der Waals surface area contributed by atoms with Crippen LogP contribution in [0.3, 0.4) is 0 Å². The topological polar surface area (TPSA) is 94.1 Å². The van der Waals surface area contributed by atoms with E-state index in [1.54, 1.807) is 17.6 Å². The van der Waals surface area contributed by atoms with Gasteiger partial charge in [-0.2, -0.15) is 13.9 Å². The summed E-state index contributed by atoms with van der Waals surface area (Å²) >= 11 is 6.45. The molecule has 0 aliphatic rings. The van der Waals surface area contributed by atoms with Crippen LogP contribution in [-0.2, 0) is 6.54 Å². The average Bonchev–Trinajstić information content (AvgIpc) is 3.24. The second-order valence-corrected chi connectivity index (χ2v) is 7.27. The van der Waals surface area contributed by atoms with E-state index in [0.29, 0.717) is 28.0 Å². The van der Waals surface area contributed by atoms with Crippen molar-refractivity contribution >= 4 is 34.6 Å². The Morgan fingerprint density at radius 2 is 2.23 bits per heavy atom. The maximum absolute atomic E-state index is 12.6. The minimum Gasteiger partial charge on any atom is -0.493 e. The fourth-order valence-corrected chi connectivity index (χ4v) is 3.79. The molecule has 0 radical (unpaired) electrons. The van der Waals surface area contributed by atoms with Gasteiger partial charge < -0.3 is 9.47 Å². The van der Waals surface area contributed by atoms with Gasteiger partial charge in [0.1, 0.15) is 0 Å². The van der Waals surface area contributed by atoms with Crippen LogP contribution >= 0.6 is 23.6 Å². The number of methoxy groups -OCH3 is 1. The van der Waals surface area contributed by atoms with Gasteiger partial charge >= 0.3 is 6.61 Å². The molecule has 0 bridgehead atoms. The molecule has 1 amide bonds. The molecule has 0 spiro atoms. The van der Waals surface area contributed by atoms with Crippen LogP contribution in [0.15, 0.2) is 30.9 Å². The SMILES string of the molecule is C=CCn1c(-c2sc(NC(=O)c3ccc(OC(F)F)c(OC)c3)nc2C)n[nH]c1=S. The number of aromatic nitrogens is 4. The van der Waals surface area contributed by atoms with Crippen molar-refractivity contribution in [3.8, 4) is 22.2 Å². The number of benzene rings is 1. The Balaban J connectivity index is 1.84. The third kappa shape index (κ3) is 4.54. The molecule has 3 aromatic rings. The number of rotatable bonds is 8. The van der Waals surface area contributed by atoms with Crippen molar-refractivity contribution in [3.05, 3.63) is 46.9 Å². The van der Waals surface area contributed by atoms with Crippen LogP contribution in [0, 0.1) is 11.7 Å². The number of nitrogens with zero attached hydrogens (tertiary/aromatic N) is 3. The predicted molar refractivity (Wildman–Crippen MR) is 111 cm³/mol. The Morgan fingerprint density at radius 1 is 1.47 bits per heavy atom. The van der Waals surface area contributed by atoms with Gasteiger partial charge in [-0.1, -0.05) is 17.4 Å². The van der Waals surface area contributed by atoms with E-state index in [1.807, 2.05) is 0 Å². The molecule has 0 aliphatic carbocycles.